The normalized spacial score (nSPS) is 14.8. The molecule has 186 valence electrons. The topological polar surface area (TPSA) is 24.6 Å². The Balaban J connectivity index is 1.82. The van der Waals surface area contributed by atoms with Gasteiger partial charge in [0.05, 0.1) is 22.2 Å². The second kappa shape index (κ2) is 8.53. The third kappa shape index (κ3) is 3.08. The summed E-state index contributed by atoms with van der Waals surface area (Å²) in [5, 5.41) is 7.51. The SMILES string of the molecule is C=Cc1cc(C)n2c(/C=c3/[nH]c4ccccc4/c3=C/C)cn3c4c(c5ccccc53)CCC=c4/c(=C/C)c12. The molecule has 0 atom stereocenters. The zero-order valence-electron chi connectivity index (χ0n) is 22.2. The fraction of sp³-hybridized carbons (Fsp3) is 0.143. The fourth-order valence-electron chi connectivity index (χ4n) is 6.60. The minimum Gasteiger partial charge on any atom is -0.354 e. The molecule has 0 spiro atoms. The van der Waals surface area contributed by atoms with Crippen LogP contribution in [0.3, 0.4) is 0 Å². The smallest absolute Gasteiger partial charge is 0.0645 e. The van der Waals surface area contributed by atoms with Crippen molar-refractivity contribution in [3.05, 3.63) is 111 Å². The largest absolute Gasteiger partial charge is 0.354 e. The highest BCUT2D eigenvalue weighted by molar-refractivity contribution is 5.94. The van der Waals surface area contributed by atoms with Gasteiger partial charge in [-0.25, -0.2) is 0 Å². The van der Waals surface area contributed by atoms with Gasteiger partial charge in [-0.1, -0.05) is 67.3 Å². The molecule has 1 N–H and O–H groups in total. The van der Waals surface area contributed by atoms with Crippen molar-refractivity contribution in [1.29, 1.82) is 0 Å². The van der Waals surface area contributed by atoms with Gasteiger partial charge in [-0.3, -0.25) is 0 Å². The Kier molecular flexibility index (Phi) is 5.09. The number of H-pyrrole nitrogens is 1. The van der Waals surface area contributed by atoms with E-state index < -0.39 is 0 Å². The predicted octanol–water partition coefficient (Wildman–Crippen LogP) is 5.50. The Morgan fingerprint density at radius 3 is 2.47 bits per heavy atom. The lowest BCUT2D eigenvalue weighted by Gasteiger charge is -2.10. The van der Waals surface area contributed by atoms with Crippen molar-refractivity contribution in [2.24, 2.45) is 0 Å². The number of nitrogens with zero attached hydrogens (tertiary/aromatic N) is 2. The van der Waals surface area contributed by atoms with Crippen molar-refractivity contribution in [3.63, 3.8) is 0 Å². The van der Waals surface area contributed by atoms with E-state index >= 15 is 0 Å². The Morgan fingerprint density at radius 1 is 0.921 bits per heavy atom. The van der Waals surface area contributed by atoms with Gasteiger partial charge in [0, 0.05) is 54.7 Å². The molecule has 4 heterocycles. The zero-order valence-corrected chi connectivity index (χ0v) is 22.2. The summed E-state index contributed by atoms with van der Waals surface area (Å²) in [5.41, 5.74) is 9.83. The van der Waals surface area contributed by atoms with Gasteiger partial charge in [0.25, 0.3) is 0 Å². The standard InChI is InChI=1S/C35H31N3/c1-5-23-19-22(4)38-24(20-32-25(6-2)27-13-8-10-17-31(27)36-32)21-37-33-18-11-9-14-28(33)30-16-12-15-29(35(30)37)26(7-3)34(23)38/h5-11,13-15,17-21,36H,1,12,16H2,2-4H3/b24-21?,25-6-,26-7-,32-20+. The number of para-hydroxylation sites is 2. The Morgan fingerprint density at radius 2 is 1.68 bits per heavy atom. The maximum atomic E-state index is 4.20. The molecular weight excluding hydrogens is 462 g/mol. The van der Waals surface area contributed by atoms with Gasteiger partial charge in [0.15, 0.2) is 0 Å². The Bertz CT molecular complexity index is 2230. The molecule has 38 heavy (non-hydrogen) atoms. The fourth-order valence-corrected chi connectivity index (χ4v) is 6.60. The van der Waals surface area contributed by atoms with Gasteiger partial charge in [0.2, 0.25) is 0 Å². The van der Waals surface area contributed by atoms with E-state index in [2.05, 4.69) is 126 Å². The highest BCUT2D eigenvalue weighted by Crippen LogP contribution is 2.28. The highest BCUT2D eigenvalue weighted by atomic mass is 15.0. The summed E-state index contributed by atoms with van der Waals surface area (Å²) in [4.78, 5) is 3.70. The van der Waals surface area contributed by atoms with Crippen LogP contribution in [0.2, 0.25) is 0 Å². The molecule has 4 aromatic heterocycles. The van der Waals surface area contributed by atoms with Crippen molar-refractivity contribution in [3.8, 4) is 0 Å². The number of nitrogens with one attached hydrogen (secondary N) is 1. The van der Waals surface area contributed by atoms with Crippen LogP contribution < -0.4 is 21.0 Å². The maximum absolute atomic E-state index is 4.20. The van der Waals surface area contributed by atoms with E-state index in [1.807, 2.05) is 6.08 Å². The molecular formula is C35H31N3. The van der Waals surface area contributed by atoms with E-state index in [1.54, 1.807) is 0 Å². The minimum atomic E-state index is 1.05. The number of hydrogen-bond acceptors (Lipinski definition) is 0. The van der Waals surface area contributed by atoms with Crippen molar-refractivity contribution in [1.82, 2.24) is 13.8 Å². The van der Waals surface area contributed by atoms with Crippen LogP contribution in [0.1, 0.15) is 42.8 Å². The van der Waals surface area contributed by atoms with E-state index in [4.69, 9.17) is 0 Å². The molecule has 3 heteroatoms. The van der Waals surface area contributed by atoms with Crippen LogP contribution in [0.5, 0.6) is 0 Å². The summed E-state index contributed by atoms with van der Waals surface area (Å²) in [6, 6.07) is 19.6. The van der Waals surface area contributed by atoms with Gasteiger partial charge >= 0.3 is 0 Å². The number of fused-ring (bicyclic) bond motifs is 5. The van der Waals surface area contributed by atoms with E-state index in [0.717, 1.165) is 35.0 Å². The third-order valence-electron chi connectivity index (χ3n) is 8.16. The van der Waals surface area contributed by atoms with Crippen LogP contribution in [0.15, 0.2) is 67.4 Å². The molecule has 0 saturated carbocycles. The number of aryl methyl sites for hydroxylation is 2. The molecule has 0 radical (unpaired) electrons. The summed E-state index contributed by atoms with van der Waals surface area (Å²) in [7, 11) is 0. The Labute approximate surface area is 221 Å². The molecule has 0 bridgehead atoms. The first kappa shape index (κ1) is 22.7. The van der Waals surface area contributed by atoms with Crippen molar-refractivity contribution >= 4 is 63.2 Å². The van der Waals surface area contributed by atoms with Crippen molar-refractivity contribution < 1.29 is 0 Å². The van der Waals surface area contributed by atoms with E-state index in [0.29, 0.717) is 0 Å². The molecule has 1 aliphatic carbocycles. The minimum absolute atomic E-state index is 1.05. The number of hydrogen-bond donors (Lipinski definition) is 1. The van der Waals surface area contributed by atoms with E-state index in [9.17, 15) is 0 Å². The van der Waals surface area contributed by atoms with Gasteiger partial charge in [-0.05, 0) is 63.5 Å². The van der Waals surface area contributed by atoms with Crippen LogP contribution >= 0.6 is 0 Å². The summed E-state index contributed by atoms with van der Waals surface area (Å²) in [6.07, 6.45) is 15.7. The second-order valence-corrected chi connectivity index (χ2v) is 10.2. The average molecular weight is 494 g/mol. The van der Waals surface area contributed by atoms with Crippen molar-refractivity contribution in [2.75, 3.05) is 0 Å². The monoisotopic (exact) mass is 493 g/mol. The zero-order chi connectivity index (χ0) is 26.0. The number of aromatic nitrogens is 3. The van der Waals surface area contributed by atoms with Crippen LogP contribution in [-0.4, -0.2) is 13.8 Å². The maximum Gasteiger partial charge on any atom is 0.0645 e. The summed E-state index contributed by atoms with van der Waals surface area (Å²) in [5.74, 6) is 0. The summed E-state index contributed by atoms with van der Waals surface area (Å²) in [6.45, 7) is 10.7. The molecule has 2 aromatic carbocycles. The first-order chi connectivity index (χ1) is 18.6. The molecule has 0 unspecified atom stereocenters. The number of aromatic amines is 1. The van der Waals surface area contributed by atoms with Crippen LogP contribution in [0.4, 0.5) is 0 Å². The Hall–Kier alpha value is -4.50. The molecule has 6 aromatic rings. The van der Waals surface area contributed by atoms with E-state index in [-0.39, 0.29) is 0 Å². The first-order valence-electron chi connectivity index (χ1n) is 13.5. The second-order valence-electron chi connectivity index (χ2n) is 10.2. The van der Waals surface area contributed by atoms with Gasteiger partial charge in [-0.15, -0.1) is 0 Å². The molecule has 0 aliphatic heterocycles. The van der Waals surface area contributed by atoms with Crippen LogP contribution in [0.25, 0.3) is 63.2 Å². The number of rotatable bonds is 2. The molecule has 0 fully saturated rings. The lowest BCUT2D eigenvalue weighted by Crippen LogP contribution is -2.30. The van der Waals surface area contributed by atoms with Gasteiger partial charge < -0.3 is 13.8 Å². The molecule has 0 saturated heterocycles. The lowest BCUT2D eigenvalue weighted by atomic mass is 10.00. The quantitative estimate of drug-likeness (QED) is 0.330. The molecule has 7 rings (SSSR count). The first-order valence-corrected chi connectivity index (χ1v) is 13.5. The lowest BCUT2D eigenvalue weighted by molar-refractivity contribution is 1.02. The summed E-state index contributed by atoms with van der Waals surface area (Å²) >= 11 is 0. The van der Waals surface area contributed by atoms with Gasteiger partial charge in [0.1, 0.15) is 0 Å². The average Bonchev–Trinajstić information content (AvgIpc) is 3.57. The molecule has 1 aliphatic rings. The third-order valence-corrected chi connectivity index (χ3v) is 8.16. The molecule has 3 nitrogen and oxygen atoms in total. The predicted molar refractivity (Wildman–Crippen MR) is 163 cm³/mol. The number of benzene rings is 2. The molecule has 0 amide bonds. The van der Waals surface area contributed by atoms with Crippen molar-refractivity contribution in [2.45, 2.75) is 33.6 Å². The van der Waals surface area contributed by atoms with Crippen LogP contribution in [-0.2, 0) is 6.42 Å². The van der Waals surface area contributed by atoms with Gasteiger partial charge in [-0.2, -0.15) is 0 Å². The summed E-state index contributed by atoms with van der Waals surface area (Å²) < 4.78 is 4.84. The van der Waals surface area contributed by atoms with E-state index in [1.165, 1.54) is 54.2 Å². The van der Waals surface area contributed by atoms with Crippen LogP contribution in [0, 0.1) is 6.92 Å². The highest BCUT2D eigenvalue weighted by Gasteiger charge is 2.17.